The molecule has 0 heterocycles. The van der Waals surface area contributed by atoms with Crippen molar-refractivity contribution in [1.29, 1.82) is 0 Å². The van der Waals surface area contributed by atoms with Gasteiger partial charge in [-0.15, -0.1) is 0 Å². The Morgan fingerprint density at radius 2 is 1.90 bits per heavy atom. The molecule has 2 aliphatic carbocycles. The second kappa shape index (κ2) is 4.86. The molecule has 3 rings (SSSR count). The quantitative estimate of drug-likeness (QED) is 0.762. The van der Waals surface area contributed by atoms with Gasteiger partial charge in [-0.1, -0.05) is 51.1 Å². The Morgan fingerprint density at radius 1 is 1.24 bits per heavy atom. The number of benzene rings is 1. The smallest absolute Gasteiger partial charge is 0.313 e. The number of carbonyl (C=O) groups is 1. The Bertz CT molecular complexity index is 534. The zero-order valence-electron chi connectivity index (χ0n) is 13.6. The first-order valence-corrected chi connectivity index (χ1v) is 8.11. The van der Waals surface area contributed by atoms with Gasteiger partial charge in [0.1, 0.15) is 6.10 Å². The van der Waals surface area contributed by atoms with Crippen molar-refractivity contribution >= 4 is 5.97 Å². The van der Waals surface area contributed by atoms with Gasteiger partial charge < -0.3 is 4.74 Å². The van der Waals surface area contributed by atoms with Crippen molar-refractivity contribution in [2.45, 2.75) is 59.0 Å². The van der Waals surface area contributed by atoms with Crippen LogP contribution in [-0.4, -0.2) is 12.1 Å². The number of rotatable bonds is 3. The van der Waals surface area contributed by atoms with Crippen molar-refractivity contribution in [2.24, 2.45) is 16.7 Å². The fourth-order valence-electron chi connectivity index (χ4n) is 4.43. The predicted octanol–water partition coefficient (Wildman–Crippen LogP) is 4.55. The van der Waals surface area contributed by atoms with Crippen molar-refractivity contribution in [3.63, 3.8) is 0 Å². The lowest BCUT2D eigenvalue weighted by Gasteiger charge is -2.38. The Balaban J connectivity index is 1.72. The number of ether oxygens (including phenoxy) is 1. The first-order valence-electron chi connectivity index (χ1n) is 8.11. The van der Waals surface area contributed by atoms with Crippen molar-refractivity contribution in [1.82, 2.24) is 0 Å². The van der Waals surface area contributed by atoms with Crippen molar-refractivity contribution in [2.75, 3.05) is 0 Å². The van der Waals surface area contributed by atoms with Crippen molar-refractivity contribution < 1.29 is 9.53 Å². The maximum absolute atomic E-state index is 12.5. The van der Waals surface area contributed by atoms with Crippen LogP contribution in [-0.2, 0) is 9.53 Å². The zero-order valence-corrected chi connectivity index (χ0v) is 13.6. The summed E-state index contributed by atoms with van der Waals surface area (Å²) in [4.78, 5) is 12.5. The highest BCUT2D eigenvalue weighted by molar-refractivity contribution is 5.77. The Kier molecular flexibility index (Phi) is 3.38. The van der Waals surface area contributed by atoms with Crippen LogP contribution in [0.25, 0.3) is 0 Å². The summed E-state index contributed by atoms with van der Waals surface area (Å²) in [6.45, 7) is 8.95. The molecular weight excluding hydrogens is 260 g/mol. The van der Waals surface area contributed by atoms with E-state index in [4.69, 9.17) is 4.74 Å². The summed E-state index contributed by atoms with van der Waals surface area (Å²) in [7, 11) is 0. The largest absolute Gasteiger partial charge is 0.461 e. The molecule has 0 spiro atoms. The standard InChI is InChI=1S/C19H26O2/c1-13(14-8-6-5-7-9-14)17(20)21-16-12-15-10-11-19(16,4)18(15,2)3/h5-9,13,15-16H,10-12H2,1-4H3/t13-,15-,16+,19+/m0/s1. The highest BCUT2D eigenvalue weighted by atomic mass is 16.5. The lowest BCUT2D eigenvalue weighted by molar-refractivity contribution is -0.158. The highest BCUT2D eigenvalue weighted by Gasteiger charge is 2.62. The van der Waals surface area contributed by atoms with Gasteiger partial charge in [-0.05, 0) is 43.1 Å². The van der Waals surface area contributed by atoms with E-state index in [0.29, 0.717) is 5.92 Å². The minimum atomic E-state index is -0.183. The molecule has 2 fully saturated rings. The fourth-order valence-corrected chi connectivity index (χ4v) is 4.43. The van der Waals surface area contributed by atoms with Crippen molar-refractivity contribution in [3.05, 3.63) is 35.9 Å². The van der Waals surface area contributed by atoms with Crippen LogP contribution in [0.3, 0.4) is 0 Å². The van der Waals surface area contributed by atoms with Gasteiger partial charge in [0.2, 0.25) is 0 Å². The van der Waals surface area contributed by atoms with Crippen LogP contribution in [0.5, 0.6) is 0 Å². The van der Waals surface area contributed by atoms with E-state index in [1.165, 1.54) is 12.8 Å². The number of hydrogen-bond donors (Lipinski definition) is 0. The highest BCUT2D eigenvalue weighted by Crippen LogP contribution is 2.66. The van der Waals surface area contributed by atoms with Crippen LogP contribution < -0.4 is 0 Å². The molecule has 0 radical (unpaired) electrons. The Hall–Kier alpha value is -1.31. The van der Waals surface area contributed by atoms with E-state index in [2.05, 4.69) is 20.8 Å². The van der Waals surface area contributed by atoms with E-state index < -0.39 is 0 Å². The SMILES string of the molecule is C[C@H](C(=O)O[C@@H]1C[C@@H]2CC[C@@]1(C)C2(C)C)c1ccccc1. The molecule has 2 nitrogen and oxygen atoms in total. The minimum Gasteiger partial charge on any atom is -0.461 e. The number of hydrogen-bond acceptors (Lipinski definition) is 2. The normalized spacial score (nSPS) is 34.7. The average Bonchev–Trinajstić information content (AvgIpc) is 2.80. The van der Waals surface area contributed by atoms with Crippen LogP contribution in [0.2, 0.25) is 0 Å². The average molecular weight is 286 g/mol. The summed E-state index contributed by atoms with van der Waals surface area (Å²) in [5, 5.41) is 0. The first-order chi connectivity index (χ1) is 9.86. The van der Waals surface area contributed by atoms with E-state index >= 15 is 0 Å². The summed E-state index contributed by atoms with van der Waals surface area (Å²) in [6, 6.07) is 9.92. The van der Waals surface area contributed by atoms with E-state index in [0.717, 1.165) is 12.0 Å². The van der Waals surface area contributed by atoms with E-state index in [1.54, 1.807) is 0 Å². The molecule has 0 unspecified atom stereocenters. The zero-order chi connectivity index (χ0) is 15.3. The van der Waals surface area contributed by atoms with Gasteiger partial charge in [0, 0.05) is 5.41 Å². The number of carbonyl (C=O) groups excluding carboxylic acids is 1. The van der Waals surface area contributed by atoms with E-state index in [9.17, 15) is 4.79 Å². The van der Waals surface area contributed by atoms with Gasteiger partial charge in [-0.25, -0.2) is 0 Å². The molecule has 0 saturated heterocycles. The molecule has 21 heavy (non-hydrogen) atoms. The molecule has 0 amide bonds. The second-order valence-corrected chi connectivity index (χ2v) is 7.67. The third kappa shape index (κ3) is 2.11. The molecule has 2 heteroatoms. The molecule has 4 atom stereocenters. The molecule has 114 valence electrons. The maximum Gasteiger partial charge on any atom is 0.313 e. The summed E-state index contributed by atoms with van der Waals surface area (Å²) in [6.07, 6.45) is 3.59. The van der Waals surface area contributed by atoms with E-state index in [-0.39, 0.29) is 28.8 Å². The van der Waals surface area contributed by atoms with Gasteiger partial charge in [-0.3, -0.25) is 4.79 Å². The number of esters is 1. The van der Waals surface area contributed by atoms with Gasteiger partial charge in [-0.2, -0.15) is 0 Å². The Labute approximate surface area is 127 Å². The molecule has 0 N–H and O–H groups in total. The van der Waals surface area contributed by atoms with Crippen LogP contribution in [0.4, 0.5) is 0 Å². The van der Waals surface area contributed by atoms with Crippen LogP contribution in [0, 0.1) is 16.7 Å². The molecule has 0 aromatic heterocycles. The summed E-state index contributed by atoms with van der Waals surface area (Å²) >= 11 is 0. The molecule has 0 aliphatic heterocycles. The third-order valence-electron chi connectivity index (χ3n) is 6.63. The second-order valence-electron chi connectivity index (χ2n) is 7.67. The lowest BCUT2D eigenvalue weighted by atomic mass is 9.70. The summed E-state index contributed by atoms with van der Waals surface area (Å²) in [5.74, 6) is 0.445. The molecule has 1 aromatic carbocycles. The minimum absolute atomic E-state index is 0.0734. The molecular formula is C19H26O2. The number of fused-ring (bicyclic) bond motifs is 2. The Morgan fingerprint density at radius 3 is 2.43 bits per heavy atom. The van der Waals surface area contributed by atoms with E-state index in [1.807, 2.05) is 37.3 Å². The molecule has 1 aromatic rings. The third-order valence-corrected chi connectivity index (χ3v) is 6.63. The summed E-state index contributed by atoms with van der Waals surface area (Å²) in [5.41, 5.74) is 1.47. The van der Waals surface area contributed by atoms with Gasteiger partial charge in [0.15, 0.2) is 0 Å². The van der Waals surface area contributed by atoms with Crippen LogP contribution in [0.1, 0.15) is 58.4 Å². The van der Waals surface area contributed by atoms with Crippen molar-refractivity contribution in [3.8, 4) is 0 Å². The van der Waals surface area contributed by atoms with Gasteiger partial charge >= 0.3 is 5.97 Å². The maximum atomic E-state index is 12.5. The monoisotopic (exact) mass is 286 g/mol. The predicted molar refractivity (Wildman–Crippen MR) is 84.0 cm³/mol. The van der Waals surface area contributed by atoms with Crippen LogP contribution in [0.15, 0.2) is 30.3 Å². The molecule has 2 bridgehead atoms. The first kappa shape index (κ1) is 14.6. The van der Waals surface area contributed by atoms with Crippen LogP contribution >= 0.6 is 0 Å². The summed E-state index contributed by atoms with van der Waals surface area (Å²) < 4.78 is 5.96. The fraction of sp³-hybridized carbons (Fsp3) is 0.632. The lowest BCUT2D eigenvalue weighted by Crippen LogP contribution is -2.39. The molecule has 2 saturated carbocycles. The topological polar surface area (TPSA) is 26.3 Å². The molecule has 2 aliphatic rings. The van der Waals surface area contributed by atoms with Gasteiger partial charge in [0.05, 0.1) is 5.92 Å². The van der Waals surface area contributed by atoms with Gasteiger partial charge in [0.25, 0.3) is 0 Å².